The second kappa shape index (κ2) is 7.39. The van der Waals surface area contributed by atoms with Crippen molar-refractivity contribution in [2.75, 3.05) is 16.3 Å². The fourth-order valence-corrected chi connectivity index (χ4v) is 7.06. The number of para-hydroxylation sites is 1. The maximum absolute atomic E-state index is 6.78. The van der Waals surface area contributed by atoms with Crippen LogP contribution in [0.25, 0.3) is 11.2 Å². The number of H-pyrrole nitrogens is 1. The third-order valence-electron chi connectivity index (χ3n) is 8.63. The van der Waals surface area contributed by atoms with Crippen LogP contribution in [0.2, 0.25) is 0 Å². The molecule has 0 saturated carbocycles. The maximum Gasteiger partial charge on any atom is 0.183 e. The average molecular weight is 481 g/mol. The molecule has 1 spiro atoms. The lowest BCUT2D eigenvalue weighted by molar-refractivity contribution is 0.0272. The van der Waals surface area contributed by atoms with Gasteiger partial charge in [-0.2, -0.15) is 5.10 Å². The molecule has 2 saturated heterocycles. The molecule has 182 valence electrons. The van der Waals surface area contributed by atoms with E-state index in [1.165, 1.54) is 0 Å². The number of aromatic amines is 1. The first-order valence-electron chi connectivity index (χ1n) is 12.9. The minimum Gasteiger partial charge on any atom is -0.485 e. The van der Waals surface area contributed by atoms with Crippen molar-refractivity contribution in [1.29, 1.82) is 0 Å². The van der Waals surface area contributed by atoms with Gasteiger partial charge >= 0.3 is 0 Å². The number of benzene rings is 1. The summed E-state index contributed by atoms with van der Waals surface area (Å²) >= 11 is 0. The predicted molar refractivity (Wildman–Crippen MR) is 137 cm³/mol. The van der Waals surface area contributed by atoms with Crippen LogP contribution in [0, 0.1) is 0 Å². The van der Waals surface area contributed by atoms with Gasteiger partial charge in [0.2, 0.25) is 0 Å². The van der Waals surface area contributed by atoms with Gasteiger partial charge in [-0.3, -0.25) is 10.1 Å². The van der Waals surface area contributed by atoms with Crippen LogP contribution in [0.3, 0.4) is 0 Å². The molecule has 3 aromatic heterocycles. The summed E-state index contributed by atoms with van der Waals surface area (Å²) in [6.07, 6.45) is 9.82. The number of rotatable bonds is 2. The summed E-state index contributed by atoms with van der Waals surface area (Å²) < 4.78 is 6.57. The molecule has 4 atom stereocenters. The second-order valence-electron chi connectivity index (χ2n) is 10.6. The van der Waals surface area contributed by atoms with Gasteiger partial charge in [-0.25, -0.2) is 9.97 Å². The highest BCUT2D eigenvalue weighted by atomic mass is 16.5. The Bertz CT molecular complexity index is 1470. The van der Waals surface area contributed by atoms with Crippen molar-refractivity contribution in [2.24, 2.45) is 5.73 Å². The van der Waals surface area contributed by atoms with Crippen molar-refractivity contribution in [1.82, 2.24) is 25.1 Å². The largest absolute Gasteiger partial charge is 0.485 e. The molecule has 0 aliphatic carbocycles. The van der Waals surface area contributed by atoms with Gasteiger partial charge in [-0.05, 0) is 43.9 Å². The van der Waals surface area contributed by atoms with Crippen LogP contribution in [0.1, 0.15) is 49.4 Å². The average Bonchev–Trinajstić information content (AvgIpc) is 3.54. The number of nitrogens with two attached hydrogens (primary N) is 1. The van der Waals surface area contributed by atoms with Gasteiger partial charge in [0.15, 0.2) is 17.0 Å². The Morgan fingerprint density at radius 2 is 1.92 bits per heavy atom. The predicted octanol–water partition coefficient (Wildman–Crippen LogP) is 3.79. The van der Waals surface area contributed by atoms with Gasteiger partial charge < -0.3 is 20.3 Å². The minimum atomic E-state index is -0.333. The van der Waals surface area contributed by atoms with Crippen LogP contribution in [0.15, 0.2) is 48.8 Å². The zero-order valence-corrected chi connectivity index (χ0v) is 20.0. The third-order valence-corrected chi connectivity index (χ3v) is 8.63. The monoisotopic (exact) mass is 480 g/mol. The highest BCUT2D eigenvalue weighted by Crippen LogP contribution is 2.53. The Balaban J connectivity index is 1.10. The van der Waals surface area contributed by atoms with Gasteiger partial charge in [0.1, 0.15) is 17.2 Å². The second-order valence-corrected chi connectivity index (χ2v) is 10.6. The third kappa shape index (κ3) is 2.80. The quantitative estimate of drug-likeness (QED) is 0.446. The van der Waals surface area contributed by atoms with Crippen LogP contribution >= 0.6 is 0 Å². The number of aryl methyl sites for hydroxylation is 1. The topological polar surface area (TPSA) is 109 Å². The van der Waals surface area contributed by atoms with Crippen molar-refractivity contribution in [3.63, 3.8) is 0 Å². The van der Waals surface area contributed by atoms with Gasteiger partial charge in [0.25, 0.3) is 0 Å². The lowest BCUT2D eigenvalue weighted by Gasteiger charge is -2.46. The zero-order chi connectivity index (χ0) is 23.9. The van der Waals surface area contributed by atoms with Crippen molar-refractivity contribution >= 4 is 28.5 Å². The molecular weight excluding hydrogens is 452 g/mol. The van der Waals surface area contributed by atoms with Crippen molar-refractivity contribution in [2.45, 2.75) is 62.3 Å². The molecule has 4 aliphatic heterocycles. The summed E-state index contributed by atoms with van der Waals surface area (Å²) in [4.78, 5) is 19.1. The summed E-state index contributed by atoms with van der Waals surface area (Å²) in [5, 5.41) is 7.80. The molecule has 1 aromatic carbocycles. The Labute approximate surface area is 208 Å². The first kappa shape index (κ1) is 20.5. The first-order chi connectivity index (χ1) is 17.7. The molecule has 0 radical (unpaired) electrons. The number of aromatic nitrogens is 5. The van der Waals surface area contributed by atoms with Crippen LogP contribution in [-0.4, -0.2) is 49.4 Å². The van der Waals surface area contributed by atoms with Gasteiger partial charge in [0, 0.05) is 43.2 Å². The van der Waals surface area contributed by atoms with Crippen molar-refractivity contribution in [3.05, 3.63) is 60.0 Å². The number of ether oxygens (including phenoxy) is 1. The Morgan fingerprint density at radius 3 is 2.78 bits per heavy atom. The standard InChI is InChI=1S/C27H28N8O/c28-24-18-5-1-2-8-21(18)36-27(24)13-16-9-10-17(14-27)35(16)22-15-30-23-25(31-22)32-33-26(23)34-12-4-6-19-20(34)7-3-11-29-19/h1-3,5,7-8,11,15-17,24H,4,6,9-10,12-14,28H2,(H,31,32,33)/t16-,17+,24-,27?/m1/s1. The molecule has 1 unspecified atom stereocenters. The van der Waals surface area contributed by atoms with Gasteiger partial charge in [-0.1, -0.05) is 18.2 Å². The fraction of sp³-hybridized carbons (Fsp3) is 0.407. The fourth-order valence-electron chi connectivity index (χ4n) is 7.06. The molecule has 3 N–H and O–H groups in total. The highest BCUT2D eigenvalue weighted by molar-refractivity contribution is 5.87. The highest BCUT2D eigenvalue weighted by Gasteiger charge is 2.56. The molecule has 7 heterocycles. The van der Waals surface area contributed by atoms with E-state index in [1.54, 1.807) is 0 Å². The van der Waals surface area contributed by atoms with E-state index in [0.717, 1.165) is 90.6 Å². The molecular formula is C27H28N8O. The number of nitrogens with one attached hydrogen (secondary N) is 1. The Morgan fingerprint density at radius 1 is 1.06 bits per heavy atom. The summed E-state index contributed by atoms with van der Waals surface area (Å²) in [7, 11) is 0. The van der Waals surface area contributed by atoms with Crippen molar-refractivity contribution in [3.8, 4) is 5.75 Å². The normalized spacial score (nSPS) is 28.4. The van der Waals surface area contributed by atoms with E-state index in [-0.39, 0.29) is 11.6 Å². The molecule has 0 amide bonds. The first-order valence-corrected chi connectivity index (χ1v) is 12.9. The Kier molecular flexibility index (Phi) is 4.20. The molecule has 8 rings (SSSR count). The van der Waals surface area contributed by atoms with Crippen molar-refractivity contribution < 1.29 is 4.74 Å². The van der Waals surface area contributed by atoms with Crippen LogP contribution in [0.5, 0.6) is 5.75 Å². The summed E-state index contributed by atoms with van der Waals surface area (Å²) in [6.45, 7) is 0.892. The minimum absolute atomic E-state index is 0.0930. The van der Waals surface area contributed by atoms with Gasteiger partial charge in [0.05, 0.1) is 23.6 Å². The van der Waals surface area contributed by atoms with Crippen LogP contribution < -0.4 is 20.3 Å². The van der Waals surface area contributed by atoms with Crippen LogP contribution in [-0.2, 0) is 6.42 Å². The smallest absolute Gasteiger partial charge is 0.183 e. The summed E-state index contributed by atoms with van der Waals surface area (Å²) in [6, 6.07) is 12.9. The molecule has 4 aromatic rings. The zero-order valence-electron chi connectivity index (χ0n) is 20.0. The van der Waals surface area contributed by atoms with Gasteiger partial charge in [-0.15, -0.1) is 0 Å². The Hall–Kier alpha value is -3.72. The lowest BCUT2D eigenvalue weighted by Crippen LogP contribution is -2.56. The molecule has 36 heavy (non-hydrogen) atoms. The number of anilines is 3. The van der Waals surface area contributed by atoms with Crippen LogP contribution in [0.4, 0.5) is 17.3 Å². The van der Waals surface area contributed by atoms with E-state index in [9.17, 15) is 0 Å². The van der Waals surface area contributed by atoms with E-state index >= 15 is 0 Å². The molecule has 4 aliphatic rings. The molecule has 9 heteroatoms. The number of hydrogen-bond donors (Lipinski definition) is 2. The number of fused-ring (bicyclic) bond motifs is 5. The van der Waals surface area contributed by atoms with E-state index in [1.807, 2.05) is 36.7 Å². The molecule has 2 bridgehead atoms. The number of hydrogen-bond acceptors (Lipinski definition) is 8. The number of pyridine rings is 1. The summed E-state index contributed by atoms with van der Waals surface area (Å²) in [5.41, 5.74) is 11.3. The summed E-state index contributed by atoms with van der Waals surface area (Å²) in [5.74, 6) is 2.67. The SMILES string of the molecule is N[C@@H]1c2ccccc2OC12C[C@H]1CC[C@@H](C2)N1c1cnc2c(N3CCCc4ncccc43)n[nH]c2n1. The molecule has 9 nitrogen and oxygen atoms in total. The number of piperidine rings is 1. The maximum atomic E-state index is 6.78. The number of nitrogens with zero attached hydrogens (tertiary/aromatic N) is 6. The lowest BCUT2D eigenvalue weighted by atomic mass is 9.79. The molecule has 2 fully saturated rings. The van der Waals surface area contributed by atoms with E-state index in [2.05, 4.69) is 37.1 Å². The van der Waals surface area contributed by atoms with E-state index in [4.69, 9.17) is 20.4 Å². The van der Waals surface area contributed by atoms with E-state index < -0.39 is 0 Å². The van der Waals surface area contributed by atoms with E-state index in [0.29, 0.717) is 12.1 Å².